The van der Waals surface area contributed by atoms with Crippen LogP contribution in [0.2, 0.25) is 0 Å². The normalized spacial score (nSPS) is 13.2. The lowest BCUT2D eigenvalue weighted by molar-refractivity contribution is -0.0154. The Morgan fingerprint density at radius 3 is 2.21 bits per heavy atom. The van der Waals surface area contributed by atoms with Crippen molar-refractivity contribution in [2.45, 2.75) is 32.3 Å². The number of halogens is 3. The van der Waals surface area contributed by atoms with Crippen LogP contribution in [0.5, 0.6) is 0 Å². The Morgan fingerprint density at radius 2 is 1.63 bits per heavy atom. The van der Waals surface area contributed by atoms with Gasteiger partial charge < -0.3 is 9.64 Å². The lowest BCUT2D eigenvalue weighted by Gasteiger charge is -2.30. The number of carbonyl (C=O) groups excluding carboxylic acids is 3. The third kappa shape index (κ3) is 5.75. The molecule has 38 heavy (non-hydrogen) atoms. The third-order valence-corrected chi connectivity index (χ3v) is 6.84. The van der Waals surface area contributed by atoms with E-state index in [1.165, 1.54) is 30.3 Å². The zero-order valence-corrected chi connectivity index (χ0v) is 22.7. The highest BCUT2D eigenvalue weighted by Gasteiger charge is 2.43. The summed E-state index contributed by atoms with van der Waals surface area (Å²) in [5.74, 6) is -5.78. The number of hydrogen-bond donors (Lipinski definition) is 0. The van der Waals surface area contributed by atoms with Crippen LogP contribution in [0.3, 0.4) is 0 Å². The van der Waals surface area contributed by atoms with Gasteiger partial charge in [-0.05, 0) is 53.0 Å². The molecule has 2 heterocycles. The topological polar surface area (TPSA) is 79.8 Å². The van der Waals surface area contributed by atoms with Crippen molar-refractivity contribution in [1.29, 1.82) is 0 Å². The molecule has 10 heteroatoms. The van der Waals surface area contributed by atoms with Crippen LogP contribution in [0.4, 0.5) is 14.5 Å². The van der Waals surface area contributed by atoms with Crippen molar-refractivity contribution in [2.75, 3.05) is 25.0 Å². The molecule has 1 aromatic heterocycles. The van der Waals surface area contributed by atoms with E-state index in [-0.39, 0.29) is 22.5 Å². The van der Waals surface area contributed by atoms with Gasteiger partial charge in [-0.1, -0.05) is 42.5 Å². The van der Waals surface area contributed by atoms with Gasteiger partial charge in [0.1, 0.15) is 0 Å². The zero-order valence-electron chi connectivity index (χ0n) is 21.1. The van der Waals surface area contributed by atoms with E-state index in [0.717, 1.165) is 5.56 Å². The summed E-state index contributed by atoms with van der Waals surface area (Å²) in [6.45, 7) is 1.36. The summed E-state index contributed by atoms with van der Waals surface area (Å²) in [6, 6.07) is 15.5. The molecule has 0 fully saturated rings. The minimum atomic E-state index is -3.50. The summed E-state index contributed by atoms with van der Waals surface area (Å²) >= 11 is 3.51. The van der Waals surface area contributed by atoms with Gasteiger partial charge in [-0.2, -0.15) is 0 Å². The number of pyridine rings is 1. The van der Waals surface area contributed by atoms with Crippen LogP contribution in [0.15, 0.2) is 65.3 Å². The number of ether oxygens (including phenoxy) is 1. The molecule has 0 radical (unpaired) electrons. The maximum absolute atomic E-state index is 15.4. The second-order valence-corrected chi connectivity index (χ2v) is 10.2. The van der Waals surface area contributed by atoms with Crippen molar-refractivity contribution >= 4 is 39.4 Å². The van der Waals surface area contributed by atoms with Crippen LogP contribution < -0.4 is 4.90 Å². The number of imide groups is 1. The number of hydrogen-bond acceptors (Lipinski definition) is 6. The van der Waals surface area contributed by atoms with E-state index in [4.69, 9.17) is 4.74 Å². The predicted octanol–water partition coefficient (Wildman–Crippen LogP) is 5.37. The molecule has 0 atom stereocenters. The summed E-state index contributed by atoms with van der Waals surface area (Å²) in [7, 11) is 1.40. The maximum Gasteiger partial charge on any atom is 0.359 e. The number of aromatic nitrogens is 1. The van der Waals surface area contributed by atoms with Gasteiger partial charge in [-0.3, -0.25) is 14.5 Å². The molecular weight excluding hydrogens is 560 g/mol. The molecule has 0 N–H and O–H groups in total. The van der Waals surface area contributed by atoms with Crippen molar-refractivity contribution < 1.29 is 27.9 Å². The van der Waals surface area contributed by atoms with Crippen LogP contribution in [0, 0.1) is 0 Å². The Morgan fingerprint density at radius 1 is 1.05 bits per heavy atom. The van der Waals surface area contributed by atoms with E-state index in [9.17, 15) is 14.4 Å². The minimum absolute atomic E-state index is 0.0981. The first-order valence-electron chi connectivity index (χ1n) is 11.9. The van der Waals surface area contributed by atoms with Gasteiger partial charge >= 0.3 is 5.97 Å². The second kappa shape index (κ2) is 11.0. The van der Waals surface area contributed by atoms with Crippen LogP contribution in [-0.2, 0) is 11.2 Å². The summed E-state index contributed by atoms with van der Waals surface area (Å²) in [6.07, 6.45) is 1.52. The highest BCUT2D eigenvalue weighted by Crippen LogP contribution is 2.35. The SMILES string of the molecule is CC(C)OC(=O)c1ncc(Cc2ccccc2)c(Br)c1N(C)CC(F)(F)CN1C(=O)c2ccccc2C1=O. The Bertz CT molecular complexity index is 1350. The number of fused-ring (bicyclic) bond motifs is 1. The number of benzene rings is 2. The minimum Gasteiger partial charge on any atom is -0.458 e. The average molecular weight is 586 g/mol. The molecule has 1 aliphatic rings. The predicted molar refractivity (Wildman–Crippen MR) is 142 cm³/mol. The second-order valence-electron chi connectivity index (χ2n) is 9.37. The summed E-state index contributed by atoms with van der Waals surface area (Å²) in [4.78, 5) is 44.2. The summed E-state index contributed by atoms with van der Waals surface area (Å²) < 4.78 is 36.5. The van der Waals surface area contributed by atoms with Gasteiger partial charge in [-0.25, -0.2) is 18.6 Å². The first-order valence-corrected chi connectivity index (χ1v) is 12.7. The van der Waals surface area contributed by atoms with E-state index in [2.05, 4.69) is 20.9 Å². The van der Waals surface area contributed by atoms with Gasteiger partial charge in [0.05, 0.1) is 36.0 Å². The van der Waals surface area contributed by atoms with Gasteiger partial charge in [0.15, 0.2) is 5.69 Å². The quantitative estimate of drug-likeness (QED) is 0.248. The molecule has 198 valence electrons. The molecule has 0 bridgehead atoms. The van der Waals surface area contributed by atoms with Crippen molar-refractivity contribution in [3.8, 4) is 0 Å². The Balaban J connectivity index is 1.63. The lowest BCUT2D eigenvalue weighted by atomic mass is 10.1. The van der Waals surface area contributed by atoms with Crippen molar-refractivity contribution in [3.05, 3.63) is 93.2 Å². The molecule has 4 rings (SSSR count). The van der Waals surface area contributed by atoms with E-state index in [1.54, 1.807) is 26.0 Å². The monoisotopic (exact) mass is 585 g/mol. The fraction of sp³-hybridized carbons (Fsp3) is 0.286. The number of esters is 1. The van der Waals surface area contributed by atoms with E-state index in [1.807, 2.05) is 30.3 Å². The largest absolute Gasteiger partial charge is 0.458 e. The van der Waals surface area contributed by atoms with Crippen molar-refractivity contribution in [3.63, 3.8) is 0 Å². The number of anilines is 1. The van der Waals surface area contributed by atoms with Gasteiger partial charge in [-0.15, -0.1) is 0 Å². The van der Waals surface area contributed by atoms with Crippen LogP contribution >= 0.6 is 15.9 Å². The van der Waals surface area contributed by atoms with Crippen molar-refractivity contribution in [1.82, 2.24) is 9.88 Å². The van der Waals surface area contributed by atoms with Crippen LogP contribution in [-0.4, -0.2) is 59.8 Å². The molecule has 3 aromatic rings. The Kier molecular flexibility index (Phi) is 7.91. The molecule has 7 nitrogen and oxygen atoms in total. The highest BCUT2D eigenvalue weighted by molar-refractivity contribution is 9.10. The van der Waals surface area contributed by atoms with E-state index < -0.39 is 42.9 Å². The fourth-order valence-electron chi connectivity index (χ4n) is 4.31. The van der Waals surface area contributed by atoms with Crippen molar-refractivity contribution in [2.24, 2.45) is 0 Å². The van der Waals surface area contributed by atoms with Gasteiger partial charge in [0, 0.05) is 24.1 Å². The maximum atomic E-state index is 15.4. The van der Waals surface area contributed by atoms with Gasteiger partial charge in [0.2, 0.25) is 0 Å². The molecule has 0 aliphatic carbocycles. The highest BCUT2D eigenvalue weighted by atomic mass is 79.9. The number of carbonyl (C=O) groups is 3. The van der Waals surface area contributed by atoms with Crippen LogP contribution in [0.1, 0.15) is 56.2 Å². The first kappa shape index (κ1) is 27.4. The average Bonchev–Trinajstić information content (AvgIpc) is 3.09. The number of nitrogens with zero attached hydrogens (tertiary/aromatic N) is 3. The number of rotatable bonds is 9. The molecular formula is C28H26BrF2N3O4. The number of alkyl halides is 2. The molecule has 0 saturated heterocycles. The number of amides is 2. The fourth-order valence-corrected chi connectivity index (χ4v) is 5.05. The van der Waals surface area contributed by atoms with E-state index >= 15 is 8.78 Å². The summed E-state index contributed by atoms with van der Waals surface area (Å²) in [5, 5.41) is 0. The van der Waals surface area contributed by atoms with E-state index in [0.29, 0.717) is 21.4 Å². The Labute approximate surface area is 227 Å². The molecule has 2 aromatic carbocycles. The zero-order chi connectivity index (χ0) is 27.6. The molecule has 2 amide bonds. The Hall–Kier alpha value is -3.66. The summed E-state index contributed by atoms with van der Waals surface area (Å²) in [5.41, 5.74) is 1.86. The smallest absolute Gasteiger partial charge is 0.359 e. The first-order chi connectivity index (χ1) is 18.0. The van der Waals surface area contributed by atoms with Crippen LogP contribution in [0.25, 0.3) is 0 Å². The lowest BCUT2D eigenvalue weighted by Crippen LogP contribution is -2.46. The standard InChI is InChI=1S/C28H26BrF2N3O4/c1-17(2)38-27(37)23-24(22(29)19(14-32-23)13-18-9-5-4-6-10-18)33(3)15-28(30,31)16-34-25(35)20-11-7-8-12-21(20)26(34)36/h4-12,14,17H,13,15-16H2,1-3H3. The molecule has 0 spiro atoms. The third-order valence-electron chi connectivity index (χ3n) is 5.95. The molecule has 1 aliphatic heterocycles. The molecule has 0 saturated carbocycles. The van der Waals surface area contributed by atoms with Gasteiger partial charge in [0.25, 0.3) is 17.7 Å². The molecule has 0 unspecified atom stereocenters.